The molecule has 12 heteroatoms. The first kappa shape index (κ1) is 26.0. The Morgan fingerprint density at radius 2 is 1.64 bits per heavy atom. The van der Waals surface area contributed by atoms with Gasteiger partial charge >= 0.3 is 23.6 Å². The number of hydrogen-bond donors (Lipinski definition) is 4. The lowest BCUT2D eigenvalue weighted by Gasteiger charge is -2.06. The monoisotopic (exact) mass is 511 g/mol. The van der Waals surface area contributed by atoms with Crippen LogP contribution in [-0.2, 0) is 25.7 Å². The molecule has 4 amide bonds. The second kappa shape index (κ2) is 12.7. The Morgan fingerprint density at radius 3 is 2.36 bits per heavy atom. The molecule has 0 saturated heterocycles. The van der Waals surface area contributed by atoms with E-state index in [0.29, 0.717) is 34.5 Å². The average molecular weight is 512 g/mol. The first-order chi connectivity index (χ1) is 17.3. The number of carbonyl (C=O) groups is 4. The Balaban J connectivity index is 1.42. The van der Waals surface area contributed by atoms with Gasteiger partial charge in [0.05, 0.1) is 19.4 Å². The zero-order valence-corrected chi connectivity index (χ0v) is 19.8. The molecule has 0 aliphatic rings. The van der Waals surface area contributed by atoms with Gasteiger partial charge in [0.2, 0.25) is 0 Å². The van der Waals surface area contributed by atoms with E-state index in [0.717, 1.165) is 0 Å². The van der Waals surface area contributed by atoms with Crippen LogP contribution in [0.2, 0.25) is 5.02 Å². The van der Waals surface area contributed by atoms with Crippen LogP contribution in [0.1, 0.15) is 18.4 Å². The zero-order chi connectivity index (χ0) is 25.9. The molecule has 0 atom stereocenters. The van der Waals surface area contributed by atoms with Gasteiger partial charge in [-0.15, -0.1) is 0 Å². The number of anilines is 2. The van der Waals surface area contributed by atoms with Crippen molar-refractivity contribution in [3.63, 3.8) is 0 Å². The minimum Gasteiger partial charge on any atom is -0.494 e. The molecule has 0 unspecified atom stereocenters. The van der Waals surface area contributed by atoms with Crippen LogP contribution in [0.15, 0.2) is 70.2 Å². The van der Waals surface area contributed by atoms with Gasteiger partial charge in [-0.3, -0.25) is 19.2 Å². The summed E-state index contributed by atoms with van der Waals surface area (Å²) in [6.07, 6.45) is 1.18. The molecule has 11 nitrogen and oxygen atoms in total. The fourth-order valence-electron chi connectivity index (χ4n) is 2.75. The topological polar surface area (TPSA) is 151 Å². The molecule has 1 heterocycles. The molecule has 186 valence electrons. The van der Waals surface area contributed by atoms with Crippen LogP contribution in [0.25, 0.3) is 0 Å². The van der Waals surface area contributed by atoms with E-state index in [9.17, 15) is 19.2 Å². The second-order valence-electron chi connectivity index (χ2n) is 7.06. The SMILES string of the molecule is CCOc1ccc(NC(=O)C(=O)N/N=C/c2ccc(CNC(=O)C(=O)Nc3cccc(Cl)c3)o2)cc1. The number of hydrazone groups is 1. The van der Waals surface area contributed by atoms with Crippen LogP contribution in [0.5, 0.6) is 5.75 Å². The highest BCUT2D eigenvalue weighted by molar-refractivity contribution is 6.40. The molecule has 3 aromatic rings. The van der Waals surface area contributed by atoms with Crippen molar-refractivity contribution in [3.8, 4) is 5.75 Å². The Kier molecular flexibility index (Phi) is 9.18. The lowest BCUT2D eigenvalue weighted by Crippen LogP contribution is -2.34. The standard InChI is InChI=1S/C24H22ClN5O6/c1-2-35-18-8-6-16(7-9-18)28-23(33)24(34)30-27-14-20-11-10-19(36-20)13-26-21(31)22(32)29-17-5-3-4-15(25)12-17/h3-12,14H,2,13H2,1H3,(H,26,31)(H,28,33)(H,29,32)(H,30,34)/b27-14+. The summed E-state index contributed by atoms with van der Waals surface area (Å²) in [4.78, 5) is 47.8. The summed E-state index contributed by atoms with van der Waals surface area (Å²) in [6, 6.07) is 16.0. The van der Waals surface area contributed by atoms with Gasteiger partial charge in [-0.2, -0.15) is 5.10 Å². The van der Waals surface area contributed by atoms with Gasteiger partial charge in [-0.05, 0) is 61.5 Å². The normalized spacial score (nSPS) is 10.5. The number of rotatable bonds is 8. The minimum atomic E-state index is -0.982. The van der Waals surface area contributed by atoms with Crippen molar-refractivity contribution in [2.45, 2.75) is 13.5 Å². The third kappa shape index (κ3) is 7.99. The Bertz CT molecular complexity index is 1270. The van der Waals surface area contributed by atoms with Crippen LogP contribution in [0.3, 0.4) is 0 Å². The van der Waals surface area contributed by atoms with Crippen LogP contribution in [0, 0.1) is 0 Å². The van der Waals surface area contributed by atoms with Gasteiger partial charge in [0.1, 0.15) is 17.3 Å². The summed E-state index contributed by atoms with van der Waals surface area (Å²) in [5.41, 5.74) is 2.89. The highest BCUT2D eigenvalue weighted by atomic mass is 35.5. The number of amides is 4. The molecule has 0 bridgehead atoms. The molecule has 1 aromatic heterocycles. The van der Waals surface area contributed by atoms with Crippen LogP contribution >= 0.6 is 11.6 Å². The Hall–Kier alpha value is -4.64. The third-order valence-electron chi connectivity index (χ3n) is 4.38. The Labute approximate surface area is 210 Å². The smallest absolute Gasteiger partial charge is 0.329 e. The van der Waals surface area contributed by atoms with Crippen molar-refractivity contribution >= 4 is 52.8 Å². The number of carbonyl (C=O) groups excluding carboxylic acids is 4. The van der Waals surface area contributed by atoms with E-state index in [1.165, 1.54) is 18.3 Å². The summed E-state index contributed by atoms with van der Waals surface area (Å²) < 4.78 is 10.8. The molecule has 0 spiro atoms. The van der Waals surface area contributed by atoms with Crippen molar-refractivity contribution < 1.29 is 28.3 Å². The predicted octanol–water partition coefficient (Wildman–Crippen LogP) is 2.68. The first-order valence-electron chi connectivity index (χ1n) is 10.6. The average Bonchev–Trinajstić information content (AvgIpc) is 3.31. The van der Waals surface area contributed by atoms with Crippen LogP contribution in [0.4, 0.5) is 11.4 Å². The summed E-state index contributed by atoms with van der Waals surface area (Å²) in [5.74, 6) is -2.40. The van der Waals surface area contributed by atoms with E-state index in [-0.39, 0.29) is 12.3 Å². The summed E-state index contributed by atoms with van der Waals surface area (Å²) in [5, 5.41) is 11.4. The van der Waals surface area contributed by atoms with Gasteiger partial charge in [-0.1, -0.05) is 17.7 Å². The predicted molar refractivity (Wildman–Crippen MR) is 133 cm³/mol. The van der Waals surface area contributed by atoms with Crippen molar-refractivity contribution in [3.05, 3.63) is 77.2 Å². The number of benzene rings is 2. The quantitative estimate of drug-likeness (QED) is 0.207. The van der Waals surface area contributed by atoms with E-state index in [2.05, 4.69) is 26.5 Å². The molecular formula is C24H22ClN5O6. The van der Waals surface area contributed by atoms with Crippen LogP contribution in [-0.4, -0.2) is 36.5 Å². The first-order valence-corrected chi connectivity index (χ1v) is 11.0. The highest BCUT2D eigenvalue weighted by Crippen LogP contribution is 2.16. The number of nitrogens with zero attached hydrogens (tertiary/aromatic N) is 1. The zero-order valence-electron chi connectivity index (χ0n) is 19.0. The lowest BCUT2D eigenvalue weighted by molar-refractivity contribution is -0.136. The molecule has 0 saturated carbocycles. The van der Waals surface area contributed by atoms with E-state index in [4.69, 9.17) is 20.8 Å². The number of hydrogen-bond acceptors (Lipinski definition) is 7. The minimum absolute atomic E-state index is 0.0630. The molecule has 0 radical (unpaired) electrons. The summed E-state index contributed by atoms with van der Waals surface area (Å²) >= 11 is 5.85. The number of ether oxygens (including phenoxy) is 1. The van der Waals surface area contributed by atoms with Gasteiger partial charge in [0.15, 0.2) is 0 Å². The van der Waals surface area contributed by atoms with Gasteiger partial charge < -0.3 is 25.1 Å². The Morgan fingerprint density at radius 1 is 0.917 bits per heavy atom. The van der Waals surface area contributed by atoms with Gasteiger partial charge in [0.25, 0.3) is 0 Å². The van der Waals surface area contributed by atoms with Crippen molar-refractivity contribution in [1.29, 1.82) is 0 Å². The molecule has 2 aromatic carbocycles. The van der Waals surface area contributed by atoms with Crippen LogP contribution < -0.4 is 26.1 Å². The summed E-state index contributed by atoms with van der Waals surface area (Å²) in [6.45, 7) is 2.31. The van der Waals surface area contributed by atoms with E-state index in [1.807, 2.05) is 6.92 Å². The fourth-order valence-corrected chi connectivity index (χ4v) is 2.95. The second-order valence-corrected chi connectivity index (χ2v) is 7.50. The maximum Gasteiger partial charge on any atom is 0.329 e. The summed E-state index contributed by atoms with van der Waals surface area (Å²) in [7, 11) is 0. The molecule has 0 fully saturated rings. The molecule has 3 rings (SSSR count). The van der Waals surface area contributed by atoms with Gasteiger partial charge in [0, 0.05) is 16.4 Å². The number of halogens is 1. The maximum atomic E-state index is 12.0. The molecule has 36 heavy (non-hydrogen) atoms. The maximum absolute atomic E-state index is 12.0. The van der Waals surface area contributed by atoms with Crippen molar-refractivity contribution in [2.75, 3.05) is 17.2 Å². The van der Waals surface area contributed by atoms with E-state index >= 15 is 0 Å². The van der Waals surface area contributed by atoms with Gasteiger partial charge in [-0.25, -0.2) is 5.43 Å². The largest absolute Gasteiger partial charge is 0.494 e. The van der Waals surface area contributed by atoms with Crippen molar-refractivity contribution in [2.24, 2.45) is 5.10 Å². The molecule has 0 aliphatic heterocycles. The molecular weight excluding hydrogens is 490 g/mol. The number of nitrogens with one attached hydrogen (secondary N) is 4. The highest BCUT2D eigenvalue weighted by Gasteiger charge is 2.15. The third-order valence-corrected chi connectivity index (χ3v) is 4.62. The van der Waals surface area contributed by atoms with E-state index < -0.39 is 23.6 Å². The van der Waals surface area contributed by atoms with E-state index in [1.54, 1.807) is 48.5 Å². The lowest BCUT2D eigenvalue weighted by atomic mass is 10.3. The number of furan rings is 1. The fraction of sp³-hybridized carbons (Fsp3) is 0.125. The molecule has 4 N–H and O–H groups in total. The van der Waals surface area contributed by atoms with Crippen molar-refractivity contribution in [1.82, 2.24) is 10.7 Å². The molecule has 0 aliphatic carbocycles.